The van der Waals surface area contributed by atoms with E-state index in [1.54, 1.807) is 18.4 Å². The van der Waals surface area contributed by atoms with Gasteiger partial charge < -0.3 is 15.4 Å². The summed E-state index contributed by atoms with van der Waals surface area (Å²) >= 11 is 1.02. The van der Waals surface area contributed by atoms with E-state index >= 15 is 0 Å². The first kappa shape index (κ1) is 18.8. The number of carbonyl (C=O) groups excluding carboxylic acids is 1. The Morgan fingerprint density at radius 2 is 2.19 bits per heavy atom. The quantitative estimate of drug-likeness (QED) is 0.715. The molecule has 0 bridgehead atoms. The molecule has 0 unspecified atom stereocenters. The third-order valence-electron chi connectivity index (χ3n) is 3.84. The second-order valence-corrected chi connectivity index (χ2v) is 8.59. The van der Waals surface area contributed by atoms with Crippen molar-refractivity contribution in [2.75, 3.05) is 23.2 Å². The molecule has 2 atom stereocenters. The summed E-state index contributed by atoms with van der Waals surface area (Å²) in [6, 6.07) is 6.17. The number of sulfonamides is 1. The predicted molar refractivity (Wildman–Crippen MR) is 97.4 cm³/mol. The van der Waals surface area contributed by atoms with E-state index in [0.717, 1.165) is 17.4 Å². The van der Waals surface area contributed by atoms with Gasteiger partial charge >= 0.3 is 0 Å². The van der Waals surface area contributed by atoms with Crippen LogP contribution in [0.4, 0.5) is 15.8 Å². The van der Waals surface area contributed by atoms with Gasteiger partial charge in [0.25, 0.3) is 10.0 Å². The van der Waals surface area contributed by atoms with Gasteiger partial charge in [-0.1, -0.05) is 6.07 Å². The molecular formula is C16H18FN3O4S2. The molecule has 1 aliphatic rings. The van der Waals surface area contributed by atoms with Crippen molar-refractivity contribution in [1.29, 1.82) is 0 Å². The number of rotatable bonds is 5. The third kappa shape index (κ3) is 4.21. The van der Waals surface area contributed by atoms with Gasteiger partial charge in [0.2, 0.25) is 5.91 Å². The molecule has 0 spiro atoms. The molecule has 3 N–H and O–H groups in total. The number of hydrogen-bond acceptors (Lipinski definition) is 6. The summed E-state index contributed by atoms with van der Waals surface area (Å²) in [5, 5.41) is 7.31. The summed E-state index contributed by atoms with van der Waals surface area (Å²) in [7, 11) is -3.88. The highest BCUT2D eigenvalue weighted by Gasteiger charge is 2.28. The largest absolute Gasteiger partial charge is 0.375 e. The molecule has 1 amide bonds. The summed E-state index contributed by atoms with van der Waals surface area (Å²) in [6.07, 6.45) is -0.305. The average Bonchev–Trinajstić information content (AvgIpc) is 3.13. The van der Waals surface area contributed by atoms with Crippen LogP contribution in [-0.4, -0.2) is 39.6 Å². The van der Waals surface area contributed by atoms with Crippen LogP contribution in [0.15, 0.2) is 39.9 Å². The number of carbonyl (C=O) groups is 1. The van der Waals surface area contributed by atoms with Crippen molar-refractivity contribution in [1.82, 2.24) is 5.32 Å². The van der Waals surface area contributed by atoms with Crippen molar-refractivity contribution in [3.63, 3.8) is 0 Å². The summed E-state index contributed by atoms with van der Waals surface area (Å²) in [4.78, 5) is 12.4. The van der Waals surface area contributed by atoms with E-state index in [0.29, 0.717) is 13.2 Å². The Hall–Kier alpha value is -2.01. The van der Waals surface area contributed by atoms with Gasteiger partial charge in [-0.3, -0.25) is 9.52 Å². The minimum absolute atomic E-state index is 0.0729. The number of anilines is 2. The molecule has 0 radical (unpaired) electrons. The molecule has 1 fully saturated rings. The van der Waals surface area contributed by atoms with E-state index in [4.69, 9.17) is 4.74 Å². The van der Waals surface area contributed by atoms with E-state index < -0.39 is 21.9 Å². The van der Waals surface area contributed by atoms with Gasteiger partial charge in [-0.25, -0.2) is 12.8 Å². The summed E-state index contributed by atoms with van der Waals surface area (Å²) in [5.74, 6) is -1.08. The van der Waals surface area contributed by atoms with Crippen LogP contribution < -0.4 is 15.4 Å². The lowest BCUT2D eigenvalue weighted by atomic mass is 10.1. The zero-order valence-corrected chi connectivity index (χ0v) is 15.5. The number of amides is 1. The second kappa shape index (κ2) is 7.70. The highest BCUT2D eigenvalue weighted by atomic mass is 32.2. The number of nitrogens with one attached hydrogen (secondary N) is 3. The Kier molecular flexibility index (Phi) is 5.56. The number of hydrogen-bond donors (Lipinski definition) is 3. The lowest BCUT2D eigenvalue weighted by Crippen LogP contribution is -2.53. The van der Waals surface area contributed by atoms with E-state index in [1.807, 2.05) is 0 Å². The molecule has 2 heterocycles. The average molecular weight is 399 g/mol. The third-order valence-corrected chi connectivity index (χ3v) is 6.60. The first-order valence-electron chi connectivity index (χ1n) is 7.88. The van der Waals surface area contributed by atoms with Gasteiger partial charge in [0.05, 0.1) is 18.4 Å². The molecule has 7 nitrogen and oxygen atoms in total. The predicted octanol–water partition coefficient (Wildman–Crippen LogP) is 2.00. The monoisotopic (exact) mass is 399 g/mol. The van der Waals surface area contributed by atoms with Crippen LogP contribution in [0, 0.1) is 5.82 Å². The van der Waals surface area contributed by atoms with E-state index in [2.05, 4.69) is 15.4 Å². The zero-order valence-electron chi connectivity index (χ0n) is 13.9. The Bertz CT molecular complexity index is 887. The molecule has 10 heteroatoms. The standard InChI is InChI=1S/C16H18FN3O4S2/c1-10-15(18-6-7-24-10)16(21)19-11-4-5-12(17)13(9-11)20-26(22,23)14-3-2-8-25-14/h2-5,8-10,15,18,20H,6-7H2,1H3,(H,19,21)/t10-,15+/m1/s1. The summed E-state index contributed by atoms with van der Waals surface area (Å²) < 4.78 is 46.2. The molecule has 140 valence electrons. The molecule has 2 aromatic rings. The van der Waals surface area contributed by atoms with Crippen molar-refractivity contribution in [2.24, 2.45) is 0 Å². The minimum atomic E-state index is -3.88. The van der Waals surface area contributed by atoms with Crippen LogP contribution in [0.5, 0.6) is 0 Å². The van der Waals surface area contributed by atoms with Crippen molar-refractivity contribution in [2.45, 2.75) is 23.3 Å². The normalized spacial score (nSPS) is 20.5. The van der Waals surface area contributed by atoms with Crippen LogP contribution in [0.1, 0.15) is 6.92 Å². The first-order chi connectivity index (χ1) is 12.4. The topological polar surface area (TPSA) is 96.5 Å². The smallest absolute Gasteiger partial charge is 0.271 e. The maximum Gasteiger partial charge on any atom is 0.271 e. The molecule has 0 saturated carbocycles. The van der Waals surface area contributed by atoms with Gasteiger partial charge in [0.15, 0.2) is 0 Å². The Morgan fingerprint density at radius 1 is 1.38 bits per heavy atom. The first-order valence-corrected chi connectivity index (χ1v) is 10.2. The Balaban J connectivity index is 1.76. The Labute approximate surface area is 154 Å². The van der Waals surface area contributed by atoms with Gasteiger partial charge in [0.1, 0.15) is 16.1 Å². The molecule has 26 heavy (non-hydrogen) atoms. The maximum atomic E-state index is 14.0. The van der Waals surface area contributed by atoms with Crippen LogP contribution in [0.2, 0.25) is 0 Å². The minimum Gasteiger partial charge on any atom is -0.375 e. The van der Waals surface area contributed by atoms with Crippen LogP contribution in [0.3, 0.4) is 0 Å². The molecule has 1 saturated heterocycles. The number of thiophene rings is 1. The maximum absolute atomic E-state index is 14.0. The molecular weight excluding hydrogens is 381 g/mol. The lowest BCUT2D eigenvalue weighted by molar-refractivity contribution is -0.123. The number of benzene rings is 1. The van der Waals surface area contributed by atoms with Gasteiger partial charge in [-0.2, -0.15) is 0 Å². The fraction of sp³-hybridized carbons (Fsp3) is 0.312. The molecule has 1 aromatic heterocycles. The highest BCUT2D eigenvalue weighted by molar-refractivity contribution is 7.94. The SMILES string of the molecule is C[C@H]1OCCN[C@@H]1C(=O)Nc1ccc(F)c(NS(=O)(=O)c2cccs2)c1. The van der Waals surface area contributed by atoms with Gasteiger partial charge in [-0.15, -0.1) is 11.3 Å². The second-order valence-electron chi connectivity index (χ2n) is 5.73. The van der Waals surface area contributed by atoms with Gasteiger partial charge in [0, 0.05) is 12.2 Å². The van der Waals surface area contributed by atoms with Crippen molar-refractivity contribution >= 4 is 38.6 Å². The van der Waals surface area contributed by atoms with Crippen molar-refractivity contribution < 1.29 is 22.3 Å². The highest BCUT2D eigenvalue weighted by Crippen LogP contribution is 2.25. The molecule has 3 rings (SSSR count). The van der Waals surface area contributed by atoms with Crippen LogP contribution in [0.25, 0.3) is 0 Å². The molecule has 1 aliphatic heterocycles. The summed E-state index contributed by atoms with van der Waals surface area (Å²) in [6.45, 7) is 2.86. The lowest BCUT2D eigenvalue weighted by Gasteiger charge is -2.29. The van der Waals surface area contributed by atoms with E-state index in [-0.39, 0.29) is 27.6 Å². The van der Waals surface area contributed by atoms with Crippen LogP contribution >= 0.6 is 11.3 Å². The van der Waals surface area contributed by atoms with Crippen molar-refractivity contribution in [3.05, 3.63) is 41.5 Å². The fourth-order valence-electron chi connectivity index (χ4n) is 2.54. The number of ether oxygens (including phenoxy) is 1. The zero-order chi connectivity index (χ0) is 18.7. The van der Waals surface area contributed by atoms with Crippen molar-refractivity contribution in [3.8, 4) is 0 Å². The van der Waals surface area contributed by atoms with Gasteiger partial charge in [-0.05, 0) is 36.6 Å². The fourth-order valence-corrected chi connectivity index (χ4v) is 4.59. The molecule has 0 aliphatic carbocycles. The Morgan fingerprint density at radius 3 is 2.88 bits per heavy atom. The number of halogens is 1. The van der Waals surface area contributed by atoms with E-state index in [1.165, 1.54) is 18.2 Å². The number of morpholine rings is 1. The molecule has 1 aromatic carbocycles. The summed E-state index contributed by atoms with van der Waals surface area (Å²) in [5.41, 5.74) is 0.0388. The van der Waals surface area contributed by atoms with Crippen LogP contribution in [-0.2, 0) is 19.6 Å². The van der Waals surface area contributed by atoms with E-state index in [9.17, 15) is 17.6 Å².